The quantitative estimate of drug-likeness (QED) is 0.452. The van der Waals surface area contributed by atoms with Crippen LogP contribution in [-0.2, 0) is 12.7 Å². The Hall–Kier alpha value is -3.35. The fraction of sp³-hybridized carbons (Fsp3) is 0.0952. The number of anilines is 1. The van der Waals surface area contributed by atoms with Crippen molar-refractivity contribution in [1.29, 1.82) is 0 Å². The number of nitrogens with one attached hydrogen (secondary N) is 1. The summed E-state index contributed by atoms with van der Waals surface area (Å²) in [5, 5.41) is 3.18. The van der Waals surface area contributed by atoms with Crippen LogP contribution in [0, 0.1) is 5.82 Å². The SMILES string of the molecule is Fc1ccc(-c2nc3ccc(C(F)(F)F)cn3c2NCc2ccccc2)cc1. The van der Waals surface area contributed by atoms with Crippen molar-refractivity contribution in [2.45, 2.75) is 12.7 Å². The molecule has 0 aliphatic carbocycles. The second-order valence-electron chi connectivity index (χ2n) is 6.30. The van der Waals surface area contributed by atoms with Gasteiger partial charge in [0, 0.05) is 18.3 Å². The summed E-state index contributed by atoms with van der Waals surface area (Å²) in [6.07, 6.45) is -3.45. The Morgan fingerprint density at radius 1 is 0.893 bits per heavy atom. The second-order valence-corrected chi connectivity index (χ2v) is 6.30. The Morgan fingerprint density at radius 3 is 2.29 bits per heavy atom. The maximum atomic E-state index is 13.3. The highest BCUT2D eigenvalue weighted by molar-refractivity contribution is 5.76. The molecule has 0 bridgehead atoms. The van der Waals surface area contributed by atoms with Crippen LogP contribution in [-0.4, -0.2) is 9.38 Å². The number of nitrogens with zero attached hydrogens (tertiary/aromatic N) is 2. The van der Waals surface area contributed by atoms with Crippen LogP contribution in [0.4, 0.5) is 23.4 Å². The molecule has 1 N–H and O–H groups in total. The molecule has 2 heterocycles. The third-order valence-electron chi connectivity index (χ3n) is 4.37. The fourth-order valence-corrected chi connectivity index (χ4v) is 2.97. The molecule has 7 heteroatoms. The lowest BCUT2D eigenvalue weighted by molar-refractivity contribution is -0.137. The highest BCUT2D eigenvalue weighted by Gasteiger charge is 2.31. The van der Waals surface area contributed by atoms with E-state index < -0.39 is 17.6 Å². The van der Waals surface area contributed by atoms with Crippen LogP contribution in [0.15, 0.2) is 72.9 Å². The number of imidazole rings is 1. The second kappa shape index (κ2) is 6.99. The number of aromatic nitrogens is 2. The van der Waals surface area contributed by atoms with Crippen molar-refractivity contribution in [2.75, 3.05) is 5.32 Å². The number of fused-ring (bicyclic) bond motifs is 1. The summed E-state index contributed by atoms with van der Waals surface area (Å²) in [6.45, 7) is 0.402. The van der Waals surface area contributed by atoms with Crippen LogP contribution in [0.2, 0.25) is 0 Å². The topological polar surface area (TPSA) is 29.3 Å². The van der Waals surface area contributed by atoms with E-state index in [0.717, 1.165) is 17.8 Å². The molecule has 0 aliphatic heterocycles. The van der Waals surface area contributed by atoms with E-state index in [1.807, 2.05) is 30.3 Å². The van der Waals surface area contributed by atoms with E-state index >= 15 is 0 Å². The summed E-state index contributed by atoms with van der Waals surface area (Å²) < 4.78 is 54.2. The van der Waals surface area contributed by atoms with Gasteiger partial charge in [-0.1, -0.05) is 30.3 Å². The first-order chi connectivity index (χ1) is 13.4. The molecule has 2 aromatic carbocycles. The van der Waals surface area contributed by atoms with E-state index in [9.17, 15) is 17.6 Å². The van der Waals surface area contributed by atoms with Gasteiger partial charge in [0.2, 0.25) is 0 Å². The Bertz CT molecular complexity index is 1100. The summed E-state index contributed by atoms with van der Waals surface area (Å²) in [4.78, 5) is 4.46. The van der Waals surface area contributed by atoms with E-state index in [-0.39, 0.29) is 0 Å². The molecular weight excluding hydrogens is 370 g/mol. The predicted molar refractivity (Wildman–Crippen MR) is 99.4 cm³/mol. The van der Waals surface area contributed by atoms with Gasteiger partial charge in [-0.25, -0.2) is 9.37 Å². The molecule has 0 unspecified atom stereocenters. The normalized spacial score (nSPS) is 11.7. The number of pyridine rings is 1. The molecule has 0 spiro atoms. The van der Waals surface area contributed by atoms with Gasteiger partial charge in [0.1, 0.15) is 23.0 Å². The van der Waals surface area contributed by atoms with E-state index in [4.69, 9.17) is 0 Å². The lowest BCUT2D eigenvalue weighted by atomic mass is 10.1. The zero-order chi connectivity index (χ0) is 19.7. The number of hydrogen-bond acceptors (Lipinski definition) is 2. The lowest BCUT2D eigenvalue weighted by Crippen LogP contribution is -2.08. The molecule has 4 rings (SSSR count). The van der Waals surface area contributed by atoms with Crippen molar-refractivity contribution in [1.82, 2.24) is 9.38 Å². The van der Waals surface area contributed by atoms with Gasteiger partial charge < -0.3 is 5.32 Å². The number of rotatable bonds is 4. The van der Waals surface area contributed by atoms with E-state index in [2.05, 4.69) is 10.3 Å². The van der Waals surface area contributed by atoms with Gasteiger partial charge in [0.05, 0.1) is 5.56 Å². The van der Waals surface area contributed by atoms with Crippen LogP contribution in [0.1, 0.15) is 11.1 Å². The summed E-state index contributed by atoms with van der Waals surface area (Å²) in [6, 6.07) is 17.5. The molecule has 4 aromatic rings. The van der Waals surface area contributed by atoms with E-state index in [1.165, 1.54) is 22.6 Å². The smallest absolute Gasteiger partial charge is 0.365 e. The molecule has 0 saturated carbocycles. The number of halogens is 4. The third kappa shape index (κ3) is 3.55. The molecule has 142 valence electrons. The van der Waals surface area contributed by atoms with Gasteiger partial charge in [0.25, 0.3) is 0 Å². The predicted octanol–water partition coefficient (Wildman–Crippen LogP) is 5.77. The zero-order valence-electron chi connectivity index (χ0n) is 14.5. The fourth-order valence-electron chi connectivity index (χ4n) is 2.97. The van der Waals surface area contributed by atoms with Crippen LogP contribution in [0.3, 0.4) is 0 Å². The first-order valence-electron chi connectivity index (χ1n) is 8.55. The minimum atomic E-state index is -4.47. The summed E-state index contributed by atoms with van der Waals surface area (Å²) in [5.74, 6) is 0.0160. The van der Waals surface area contributed by atoms with Crippen LogP contribution in [0.25, 0.3) is 16.9 Å². The summed E-state index contributed by atoms with van der Waals surface area (Å²) >= 11 is 0. The third-order valence-corrected chi connectivity index (χ3v) is 4.37. The van der Waals surface area contributed by atoms with Crippen molar-refractivity contribution in [2.24, 2.45) is 0 Å². The molecule has 0 fully saturated rings. The molecule has 0 amide bonds. The van der Waals surface area contributed by atoms with Crippen LogP contribution < -0.4 is 5.32 Å². The molecule has 0 atom stereocenters. The first kappa shape index (κ1) is 18.0. The van der Waals surface area contributed by atoms with Crippen molar-refractivity contribution in [3.05, 3.63) is 89.9 Å². The van der Waals surface area contributed by atoms with Crippen molar-refractivity contribution < 1.29 is 17.6 Å². The monoisotopic (exact) mass is 385 g/mol. The Kier molecular flexibility index (Phi) is 4.50. The maximum absolute atomic E-state index is 13.3. The van der Waals surface area contributed by atoms with Gasteiger partial charge in [-0.15, -0.1) is 0 Å². The number of hydrogen-bond donors (Lipinski definition) is 1. The number of alkyl halides is 3. The standard InChI is InChI=1S/C21H15F4N3/c22-17-9-6-15(7-10-17)19-20(26-12-14-4-2-1-3-5-14)28-13-16(21(23,24)25)8-11-18(28)27-19/h1-11,13,26H,12H2. The van der Waals surface area contributed by atoms with Gasteiger partial charge in [-0.3, -0.25) is 4.40 Å². The molecule has 2 aromatic heterocycles. The molecule has 0 aliphatic rings. The van der Waals surface area contributed by atoms with Crippen molar-refractivity contribution in [3.63, 3.8) is 0 Å². The molecular formula is C21H15F4N3. The summed E-state index contributed by atoms with van der Waals surface area (Å²) in [5.41, 5.74) is 1.62. The Labute approximate surface area is 158 Å². The van der Waals surface area contributed by atoms with Crippen molar-refractivity contribution in [3.8, 4) is 11.3 Å². The molecule has 0 saturated heterocycles. The van der Waals surface area contributed by atoms with Crippen LogP contribution in [0.5, 0.6) is 0 Å². The molecule has 3 nitrogen and oxygen atoms in total. The highest BCUT2D eigenvalue weighted by atomic mass is 19.4. The minimum absolute atomic E-state index is 0.364. The van der Waals surface area contributed by atoms with E-state index in [1.54, 1.807) is 12.1 Å². The average Bonchev–Trinajstić information content (AvgIpc) is 3.05. The van der Waals surface area contributed by atoms with E-state index in [0.29, 0.717) is 29.3 Å². The van der Waals surface area contributed by atoms with Crippen LogP contribution >= 0.6 is 0 Å². The molecule has 28 heavy (non-hydrogen) atoms. The lowest BCUT2D eigenvalue weighted by Gasteiger charge is -2.11. The van der Waals surface area contributed by atoms with Crippen molar-refractivity contribution >= 4 is 11.5 Å². The van der Waals surface area contributed by atoms with Gasteiger partial charge >= 0.3 is 6.18 Å². The first-order valence-corrected chi connectivity index (χ1v) is 8.55. The highest BCUT2D eigenvalue weighted by Crippen LogP contribution is 2.33. The summed E-state index contributed by atoms with van der Waals surface area (Å²) in [7, 11) is 0. The number of benzene rings is 2. The Morgan fingerprint density at radius 2 is 1.61 bits per heavy atom. The Balaban J connectivity index is 1.83. The largest absolute Gasteiger partial charge is 0.417 e. The average molecular weight is 385 g/mol. The van der Waals surface area contributed by atoms with Gasteiger partial charge in [-0.05, 0) is 42.0 Å². The maximum Gasteiger partial charge on any atom is 0.417 e. The molecule has 0 radical (unpaired) electrons. The minimum Gasteiger partial charge on any atom is -0.365 e. The van der Waals surface area contributed by atoms with Gasteiger partial charge in [-0.2, -0.15) is 13.2 Å². The zero-order valence-corrected chi connectivity index (χ0v) is 14.5. The van der Waals surface area contributed by atoms with Gasteiger partial charge in [0.15, 0.2) is 0 Å².